The maximum atomic E-state index is 13.5. The van der Waals surface area contributed by atoms with Crippen molar-refractivity contribution in [2.75, 3.05) is 5.32 Å². The molecule has 0 aromatic heterocycles. The van der Waals surface area contributed by atoms with E-state index < -0.39 is 5.82 Å². The van der Waals surface area contributed by atoms with Gasteiger partial charge < -0.3 is 5.32 Å². The average Bonchev–Trinajstić information content (AvgIpc) is 2.39. The van der Waals surface area contributed by atoms with Crippen molar-refractivity contribution in [3.8, 4) is 0 Å². The molecule has 1 N–H and O–H groups in total. The number of halogens is 3. The first-order valence-corrected chi connectivity index (χ1v) is 7.09. The number of amides is 1. The van der Waals surface area contributed by atoms with Gasteiger partial charge in [-0.2, -0.15) is 0 Å². The summed E-state index contributed by atoms with van der Waals surface area (Å²) < 4.78 is 13.9. The summed E-state index contributed by atoms with van der Waals surface area (Å²) in [6.07, 6.45) is 0. The van der Waals surface area contributed by atoms with Crippen LogP contribution >= 0.6 is 27.5 Å². The third kappa shape index (κ3) is 3.02. The molecule has 0 heterocycles. The Hall–Kier alpha value is -1.39. The van der Waals surface area contributed by atoms with Gasteiger partial charge in [0.15, 0.2) is 0 Å². The van der Waals surface area contributed by atoms with Gasteiger partial charge in [-0.05, 0) is 59.1 Å². The quantitative estimate of drug-likeness (QED) is 0.796. The van der Waals surface area contributed by atoms with Gasteiger partial charge in [0.05, 0.1) is 15.1 Å². The summed E-state index contributed by atoms with van der Waals surface area (Å²) in [6.45, 7) is 3.61. The Balaban J connectivity index is 2.33. The molecule has 2 rings (SSSR count). The summed E-state index contributed by atoms with van der Waals surface area (Å²) >= 11 is 9.21. The second-order valence-electron chi connectivity index (χ2n) is 4.47. The molecule has 0 aliphatic rings. The van der Waals surface area contributed by atoms with E-state index in [0.29, 0.717) is 20.7 Å². The number of carbonyl (C=O) groups is 1. The predicted octanol–water partition coefficient (Wildman–Crippen LogP) is 5.11. The SMILES string of the molecule is Cc1cc(Br)c(F)cc1NC(=O)c1cccc(C)c1Cl. The van der Waals surface area contributed by atoms with Crippen LogP contribution in [0.2, 0.25) is 5.02 Å². The molecule has 0 saturated carbocycles. The van der Waals surface area contributed by atoms with Crippen LogP contribution in [0.4, 0.5) is 10.1 Å². The number of nitrogens with one attached hydrogen (secondary N) is 1. The van der Waals surface area contributed by atoms with Crippen molar-refractivity contribution in [1.82, 2.24) is 0 Å². The van der Waals surface area contributed by atoms with E-state index in [-0.39, 0.29) is 5.91 Å². The van der Waals surface area contributed by atoms with Gasteiger partial charge in [-0.1, -0.05) is 23.7 Å². The van der Waals surface area contributed by atoms with Gasteiger partial charge in [-0.3, -0.25) is 4.79 Å². The van der Waals surface area contributed by atoms with Crippen molar-refractivity contribution < 1.29 is 9.18 Å². The molecule has 0 unspecified atom stereocenters. The molecule has 2 aromatic carbocycles. The van der Waals surface area contributed by atoms with Crippen molar-refractivity contribution in [3.63, 3.8) is 0 Å². The molecule has 0 aliphatic carbocycles. The Kier molecular flexibility index (Phi) is 4.45. The van der Waals surface area contributed by atoms with Gasteiger partial charge >= 0.3 is 0 Å². The molecule has 20 heavy (non-hydrogen) atoms. The lowest BCUT2D eigenvalue weighted by molar-refractivity contribution is 0.102. The van der Waals surface area contributed by atoms with Crippen LogP contribution in [0, 0.1) is 19.7 Å². The minimum atomic E-state index is -0.429. The number of hydrogen-bond acceptors (Lipinski definition) is 1. The Morgan fingerprint density at radius 3 is 2.65 bits per heavy atom. The third-order valence-corrected chi connectivity index (χ3v) is 4.06. The lowest BCUT2D eigenvalue weighted by Gasteiger charge is -2.11. The highest BCUT2D eigenvalue weighted by atomic mass is 79.9. The van der Waals surface area contributed by atoms with Gasteiger partial charge in [0, 0.05) is 5.69 Å². The van der Waals surface area contributed by atoms with Crippen molar-refractivity contribution in [2.45, 2.75) is 13.8 Å². The summed E-state index contributed by atoms with van der Waals surface area (Å²) in [4.78, 5) is 12.2. The first-order chi connectivity index (χ1) is 9.40. The van der Waals surface area contributed by atoms with Crippen LogP contribution in [0.25, 0.3) is 0 Å². The van der Waals surface area contributed by atoms with Crippen LogP contribution in [-0.4, -0.2) is 5.91 Å². The zero-order valence-corrected chi connectivity index (χ0v) is 13.3. The van der Waals surface area contributed by atoms with E-state index in [2.05, 4.69) is 21.2 Å². The topological polar surface area (TPSA) is 29.1 Å². The largest absolute Gasteiger partial charge is 0.322 e. The minimum absolute atomic E-state index is 0.358. The van der Waals surface area contributed by atoms with E-state index >= 15 is 0 Å². The highest BCUT2D eigenvalue weighted by Crippen LogP contribution is 2.26. The Labute approximate surface area is 130 Å². The van der Waals surface area contributed by atoms with Gasteiger partial charge in [-0.15, -0.1) is 0 Å². The van der Waals surface area contributed by atoms with Crippen molar-refractivity contribution in [2.24, 2.45) is 0 Å². The van der Waals surface area contributed by atoms with E-state index in [1.165, 1.54) is 6.07 Å². The molecule has 0 fully saturated rings. The lowest BCUT2D eigenvalue weighted by atomic mass is 10.1. The molecule has 1 amide bonds. The number of aryl methyl sites for hydroxylation is 2. The molecule has 104 valence electrons. The van der Waals surface area contributed by atoms with Crippen LogP contribution < -0.4 is 5.32 Å². The van der Waals surface area contributed by atoms with Gasteiger partial charge in [0.25, 0.3) is 5.91 Å². The maximum Gasteiger partial charge on any atom is 0.257 e. The van der Waals surface area contributed by atoms with E-state index in [4.69, 9.17) is 11.6 Å². The van der Waals surface area contributed by atoms with Crippen LogP contribution in [0.3, 0.4) is 0 Å². The highest BCUT2D eigenvalue weighted by Gasteiger charge is 2.14. The zero-order valence-electron chi connectivity index (χ0n) is 10.9. The van der Waals surface area contributed by atoms with Crippen molar-refractivity contribution >= 4 is 39.1 Å². The third-order valence-electron chi connectivity index (χ3n) is 2.95. The molecule has 5 heteroatoms. The molecule has 0 aliphatic heterocycles. The number of rotatable bonds is 2. The second-order valence-corrected chi connectivity index (χ2v) is 5.70. The molecule has 0 atom stereocenters. The van der Waals surface area contributed by atoms with Gasteiger partial charge in [-0.25, -0.2) is 4.39 Å². The number of anilines is 1. The molecule has 0 saturated heterocycles. The fourth-order valence-electron chi connectivity index (χ4n) is 1.79. The van der Waals surface area contributed by atoms with E-state index in [0.717, 1.165) is 11.1 Å². The van der Waals surface area contributed by atoms with Crippen LogP contribution in [-0.2, 0) is 0 Å². The molecular weight excluding hydrogens is 345 g/mol. The molecule has 0 radical (unpaired) electrons. The van der Waals surface area contributed by atoms with Crippen molar-refractivity contribution in [1.29, 1.82) is 0 Å². The van der Waals surface area contributed by atoms with Crippen molar-refractivity contribution in [3.05, 3.63) is 62.3 Å². The predicted molar refractivity (Wildman–Crippen MR) is 83.0 cm³/mol. The fraction of sp³-hybridized carbons (Fsp3) is 0.133. The summed E-state index contributed by atoms with van der Waals surface area (Å²) in [7, 11) is 0. The standard InChI is InChI=1S/C15H12BrClFNO/c1-8-4-3-5-10(14(8)17)15(20)19-13-7-12(18)11(16)6-9(13)2/h3-7H,1-2H3,(H,19,20). The Morgan fingerprint density at radius 2 is 1.95 bits per heavy atom. The normalized spacial score (nSPS) is 10.4. The molecule has 0 spiro atoms. The first-order valence-electron chi connectivity index (χ1n) is 5.92. The molecule has 2 nitrogen and oxygen atoms in total. The summed E-state index contributed by atoms with van der Waals surface area (Å²) in [5.74, 6) is -0.787. The number of benzene rings is 2. The fourth-order valence-corrected chi connectivity index (χ4v) is 2.46. The van der Waals surface area contributed by atoms with E-state index in [1.54, 1.807) is 25.1 Å². The Bertz CT molecular complexity index is 688. The average molecular weight is 357 g/mol. The Morgan fingerprint density at radius 1 is 1.25 bits per heavy atom. The lowest BCUT2D eigenvalue weighted by Crippen LogP contribution is -2.14. The summed E-state index contributed by atoms with van der Waals surface area (Å²) in [5, 5.41) is 3.08. The van der Waals surface area contributed by atoms with Gasteiger partial charge in [0.2, 0.25) is 0 Å². The summed E-state index contributed by atoms with van der Waals surface area (Å²) in [6, 6.07) is 8.10. The summed E-state index contributed by atoms with van der Waals surface area (Å²) in [5.41, 5.74) is 2.37. The molecule has 2 aromatic rings. The molecule has 0 bridgehead atoms. The van der Waals surface area contributed by atoms with Crippen LogP contribution in [0.1, 0.15) is 21.5 Å². The zero-order chi connectivity index (χ0) is 14.9. The number of hydrogen-bond donors (Lipinski definition) is 1. The van der Waals surface area contributed by atoms with E-state index in [9.17, 15) is 9.18 Å². The van der Waals surface area contributed by atoms with Crippen LogP contribution in [0.5, 0.6) is 0 Å². The molecular formula is C15H12BrClFNO. The first kappa shape index (κ1) is 15.0. The van der Waals surface area contributed by atoms with Gasteiger partial charge in [0.1, 0.15) is 5.82 Å². The van der Waals surface area contributed by atoms with Crippen LogP contribution in [0.15, 0.2) is 34.8 Å². The maximum absolute atomic E-state index is 13.5. The smallest absolute Gasteiger partial charge is 0.257 e. The number of carbonyl (C=O) groups excluding carboxylic acids is 1. The second kappa shape index (κ2) is 5.94. The monoisotopic (exact) mass is 355 g/mol. The van der Waals surface area contributed by atoms with E-state index in [1.807, 2.05) is 13.0 Å². The highest BCUT2D eigenvalue weighted by molar-refractivity contribution is 9.10. The minimum Gasteiger partial charge on any atom is -0.322 e.